The fraction of sp³-hybridized carbons (Fsp3) is 0.375. The van der Waals surface area contributed by atoms with Crippen molar-refractivity contribution < 1.29 is 29.2 Å². The number of fused-ring (bicyclic) bond motifs is 1. The van der Waals surface area contributed by atoms with E-state index in [1.807, 2.05) is 0 Å². The number of carbonyl (C=O) groups is 1. The van der Waals surface area contributed by atoms with E-state index in [9.17, 15) is 15.0 Å². The van der Waals surface area contributed by atoms with Gasteiger partial charge >= 0.3 is 11.9 Å². The van der Waals surface area contributed by atoms with Gasteiger partial charge in [0.05, 0.1) is 0 Å². The highest BCUT2D eigenvalue weighted by atomic mass is 16.7. The van der Waals surface area contributed by atoms with E-state index in [4.69, 9.17) is 21.8 Å². The Morgan fingerprint density at radius 2 is 2.30 bits per heavy atom. The first-order valence-electron chi connectivity index (χ1n) is 7.89. The molecule has 2 aromatic heterocycles. The number of aliphatic hydroxyl groups excluding tert-OH is 2. The van der Waals surface area contributed by atoms with Gasteiger partial charge in [0, 0.05) is 0 Å². The lowest BCUT2D eigenvalue weighted by Gasteiger charge is -2.15. The lowest BCUT2D eigenvalue weighted by molar-refractivity contribution is -0.0770. The second-order valence-electron chi connectivity index (χ2n) is 5.74. The van der Waals surface area contributed by atoms with Gasteiger partial charge in [-0.2, -0.15) is 5.10 Å². The summed E-state index contributed by atoms with van der Waals surface area (Å²) in [5.74, 6) is 0.196. The molecule has 11 heteroatoms. The molecule has 0 spiro atoms. The Labute approximate surface area is 153 Å². The molecule has 1 saturated heterocycles. The maximum absolute atomic E-state index is 11.4. The van der Waals surface area contributed by atoms with Crippen LogP contribution in [0.5, 0.6) is 0 Å². The summed E-state index contributed by atoms with van der Waals surface area (Å²) in [6.07, 6.45) is -2.52. The summed E-state index contributed by atoms with van der Waals surface area (Å²) >= 11 is 0. The largest absolute Gasteiger partial charge is 0.508 e. The average molecular weight is 376 g/mol. The summed E-state index contributed by atoms with van der Waals surface area (Å²) in [7, 11) is 0. The van der Waals surface area contributed by atoms with Gasteiger partial charge in [-0.1, -0.05) is 12.7 Å². The summed E-state index contributed by atoms with van der Waals surface area (Å²) in [5, 5.41) is 25.0. The van der Waals surface area contributed by atoms with Gasteiger partial charge in [0.15, 0.2) is 17.6 Å². The lowest BCUT2D eigenvalue weighted by atomic mass is 10.0. The van der Waals surface area contributed by atoms with Gasteiger partial charge in [-0.15, -0.1) is 0 Å². The molecule has 0 saturated carbocycles. The fourth-order valence-electron chi connectivity index (χ4n) is 2.87. The zero-order chi connectivity index (χ0) is 19.6. The number of hydrogen-bond acceptors (Lipinski definition) is 9. The molecule has 0 unspecified atom stereocenters. The van der Waals surface area contributed by atoms with Gasteiger partial charge in [0.1, 0.15) is 37.3 Å². The van der Waals surface area contributed by atoms with Gasteiger partial charge in [0.25, 0.3) is 6.57 Å². The molecule has 142 valence electrons. The molecule has 3 heterocycles. The highest BCUT2D eigenvalue weighted by molar-refractivity contribution is 5.66. The van der Waals surface area contributed by atoms with Gasteiger partial charge in [-0.3, -0.25) is 4.74 Å². The number of aromatic nitrogens is 3. The number of aliphatic hydroxyl groups is 2. The number of anilines is 1. The predicted molar refractivity (Wildman–Crippen MR) is 91.8 cm³/mol. The van der Waals surface area contributed by atoms with E-state index in [0.717, 1.165) is 0 Å². The third kappa shape index (κ3) is 3.06. The Kier molecular flexibility index (Phi) is 4.95. The first-order valence-corrected chi connectivity index (χ1v) is 7.89. The van der Waals surface area contributed by atoms with E-state index in [2.05, 4.69) is 26.2 Å². The minimum atomic E-state index is -1.86. The molecule has 1 aliphatic rings. The quantitative estimate of drug-likeness (QED) is 0.480. The summed E-state index contributed by atoms with van der Waals surface area (Å²) < 4.78 is 16.6. The number of nitrogens with two attached hydrogens (primary N) is 1. The molecule has 11 nitrogen and oxygen atoms in total. The average Bonchev–Trinajstić information content (AvgIpc) is 3.21. The third-order valence-electron chi connectivity index (χ3n) is 4.16. The molecule has 4 atom stereocenters. The fourth-order valence-corrected chi connectivity index (χ4v) is 2.87. The number of nitrogen functional groups attached to an aromatic ring is 1. The van der Waals surface area contributed by atoms with Crippen molar-refractivity contribution in [1.82, 2.24) is 14.6 Å². The van der Waals surface area contributed by atoms with Gasteiger partial charge in [-0.25, -0.2) is 14.3 Å². The molecule has 3 rings (SSSR count). The van der Waals surface area contributed by atoms with Gasteiger partial charge in [-0.05, 0) is 17.0 Å². The second kappa shape index (κ2) is 7.20. The van der Waals surface area contributed by atoms with Crippen LogP contribution >= 0.6 is 0 Å². The monoisotopic (exact) mass is 376 g/mol. The van der Waals surface area contributed by atoms with Crippen LogP contribution in [0.15, 0.2) is 31.1 Å². The van der Waals surface area contributed by atoms with E-state index in [-0.39, 0.29) is 18.1 Å². The van der Waals surface area contributed by atoms with Crippen molar-refractivity contribution >= 4 is 17.5 Å². The first-order chi connectivity index (χ1) is 12.9. The molecule has 0 aliphatic carbocycles. The Balaban J connectivity index is 1.87. The highest BCUT2D eigenvalue weighted by Crippen LogP contribution is 2.42. The number of carbonyl (C=O) groups excluding carboxylic acids is 1. The molecule has 1 aliphatic heterocycles. The Morgan fingerprint density at radius 1 is 1.52 bits per heavy atom. The maximum Gasteiger partial charge on any atom is 0.508 e. The maximum atomic E-state index is 11.4. The number of ether oxygens (including phenoxy) is 3. The van der Waals surface area contributed by atoms with E-state index in [1.165, 1.54) is 23.0 Å². The SMILES string of the molecule is C#[N+][C@@]1(c2ccc3c(N)ncnn23)O[C@H](COC(=O)OCC=C)[C@@H](O)[C@H]1O. The molecular formula is C16H18N5O6+. The van der Waals surface area contributed by atoms with Gasteiger partial charge < -0.3 is 25.4 Å². The number of hydrogen-bond donors (Lipinski definition) is 3. The van der Waals surface area contributed by atoms with Crippen LogP contribution < -0.4 is 5.73 Å². The van der Waals surface area contributed by atoms with E-state index >= 15 is 0 Å². The third-order valence-corrected chi connectivity index (χ3v) is 4.16. The zero-order valence-corrected chi connectivity index (χ0v) is 14.1. The predicted octanol–water partition coefficient (Wildman–Crippen LogP) is -0.113. The molecule has 0 bridgehead atoms. The van der Waals surface area contributed by atoms with Crippen molar-refractivity contribution in [1.29, 1.82) is 0 Å². The van der Waals surface area contributed by atoms with Crippen LogP contribution in [0.2, 0.25) is 0 Å². The zero-order valence-electron chi connectivity index (χ0n) is 14.1. The second-order valence-corrected chi connectivity index (χ2v) is 5.74. The molecule has 4 N–H and O–H groups in total. The minimum Gasteiger partial charge on any atom is -0.431 e. The molecule has 0 aromatic carbocycles. The summed E-state index contributed by atoms with van der Waals surface area (Å²) in [6.45, 7) is 8.50. The molecule has 0 amide bonds. The van der Waals surface area contributed by atoms with Crippen LogP contribution in [0.4, 0.5) is 10.6 Å². The molecular weight excluding hydrogens is 358 g/mol. The van der Waals surface area contributed by atoms with E-state index in [1.54, 1.807) is 6.07 Å². The van der Waals surface area contributed by atoms with Crippen molar-refractivity contribution in [3.63, 3.8) is 0 Å². The van der Waals surface area contributed by atoms with Gasteiger partial charge in [0.2, 0.25) is 0 Å². The smallest absolute Gasteiger partial charge is 0.431 e. The van der Waals surface area contributed by atoms with Crippen LogP contribution in [-0.4, -0.2) is 62.5 Å². The lowest BCUT2D eigenvalue weighted by Crippen LogP contribution is -2.39. The Bertz CT molecular complexity index is 908. The van der Waals surface area contributed by atoms with E-state index in [0.29, 0.717) is 5.52 Å². The molecule has 2 aromatic rings. The minimum absolute atomic E-state index is 0.0329. The van der Waals surface area contributed by atoms with Crippen molar-refractivity contribution in [2.45, 2.75) is 24.0 Å². The molecule has 0 radical (unpaired) electrons. The van der Waals surface area contributed by atoms with Crippen LogP contribution in [0.1, 0.15) is 5.69 Å². The van der Waals surface area contributed by atoms with Crippen molar-refractivity contribution in [3.05, 3.63) is 41.7 Å². The van der Waals surface area contributed by atoms with Crippen LogP contribution in [-0.2, 0) is 19.9 Å². The normalized spacial score (nSPS) is 27.2. The molecule has 1 fully saturated rings. The topological polar surface area (TPSA) is 146 Å². The standard InChI is InChI=1S/C16H18N5O6/c1-3-6-25-15(24)26-7-10-12(22)13(23)16(18-2,27-10)11-5-4-9-14(17)19-8-20-21(9)11/h2-5,8,10,12-13,22-23H,1,6-7H2,(H2,17,19,20)/q+1/t10-,12-,13-,16+/m1/s1. The van der Waals surface area contributed by atoms with Crippen LogP contribution in [0.25, 0.3) is 10.4 Å². The van der Waals surface area contributed by atoms with Crippen LogP contribution in [0.3, 0.4) is 0 Å². The van der Waals surface area contributed by atoms with E-state index < -0.39 is 36.8 Å². The van der Waals surface area contributed by atoms with Crippen molar-refractivity contribution in [2.24, 2.45) is 0 Å². The first kappa shape index (κ1) is 18.6. The Morgan fingerprint density at radius 3 is 3.00 bits per heavy atom. The highest BCUT2D eigenvalue weighted by Gasteiger charge is 2.66. The summed E-state index contributed by atoms with van der Waals surface area (Å²) in [6, 6.07) is 3.13. The number of nitrogens with zero attached hydrogens (tertiary/aromatic N) is 4. The Hall–Kier alpha value is -3.20. The van der Waals surface area contributed by atoms with Crippen molar-refractivity contribution in [3.8, 4) is 6.57 Å². The van der Waals surface area contributed by atoms with Crippen molar-refractivity contribution in [2.75, 3.05) is 18.9 Å². The van der Waals surface area contributed by atoms with Crippen LogP contribution in [0, 0.1) is 6.57 Å². The number of rotatable bonds is 5. The summed E-state index contributed by atoms with van der Waals surface area (Å²) in [5.41, 5.74) is 4.60. The summed E-state index contributed by atoms with van der Waals surface area (Å²) in [4.78, 5) is 19.0. The molecule has 27 heavy (non-hydrogen) atoms.